The van der Waals surface area contributed by atoms with Gasteiger partial charge in [-0.15, -0.1) is 0 Å². The maximum atomic E-state index is 12.6. The molecule has 0 aliphatic rings. The highest BCUT2D eigenvalue weighted by molar-refractivity contribution is 5.76. The Morgan fingerprint density at radius 2 is 0.510 bits per heavy atom. The molecular formula is C92H175NO5. The van der Waals surface area contributed by atoms with Crippen LogP contribution in [0, 0.1) is 0 Å². The average Bonchev–Trinajstić information content (AvgIpc) is 1.88. The number of carbonyl (C=O) groups excluding carboxylic acids is 2. The zero-order valence-electron chi connectivity index (χ0n) is 66.5. The van der Waals surface area contributed by atoms with Gasteiger partial charge < -0.3 is 20.3 Å². The van der Waals surface area contributed by atoms with Crippen LogP contribution >= 0.6 is 0 Å². The van der Waals surface area contributed by atoms with Gasteiger partial charge >= 0.3 is 5.97 Å². The van der Waals surface area contributed by atoms with E-state index >= 15 is 0 Å². The highest BCUT2D eigenvalue weighted by atomic mass is 16.5. The standard InChI is InChI=1S/C92H175NO5/c1-3-5-7-9-11-13-15-17-19-21-23-24-25-43-46-49-52-56-60-64-68-72-76-80-84-90(95)89(88-94)93-91(96)85-81-77-73-69-65-61-57-53-50-47-44-41-39-37-35-33-31-29-27-26-28-30-32-34-36-38-40-42-45-48-51-55-59-63-67-71-75-79-83-87-98-92(97)86-82-78-74-70-66-62-58-54-22-20-18-16-14-12-10-8-6-4-2/h14,16,20,22,26-27,30,32,89-90,94-95H,3-13,15,17-19,21,23-25,28-29,31,33-88H2,1-2H3,(H,93,96)/b16-14-,22-20-,27-26-,32-30-. The quantitative estimate of drug-likeness (QED) is 0.0320. The maximum Gasteiger partial charge on any atom is 0.305 e. The summed E-state index contributed by atoms with van der Waals surface area (Å²) < 4.78 is 5.51. The van der Waals surface area contributed by atoms with Gasteiger partial charge in [0.05, 0.1) is 25.4 Å². The lowest BCUT2D eigenvalue weighted by Gasteiger charge is -2.22. The number of rotatable bonds is 85. The van der Waals surface area contributed by atoms with E-state index in [1.165, 1.54) is 411 Å². The molecule has 0 aromatic heterocycles. The van der Waals surface area contributed by atoms with Gasteiger partial charge in [-0.05, 0) is 89.9 Å². The summed E-state index contributed by atoms with van der Waals surface area (Å²) in [6, 6.07) is -0.541. The Hall–Kier alpha value is -2.18. The van der Waals surface area contributed by atoms with Gasteiger partial charge in [0.15, 0.2) is 0 Å². The summed E-state index contributed by atoms with van der Waals surface area (Å²) in [5.74, 6) is -0.0123. The Kier molecular flexibility index (Phi) is 85.3. The number of aliphatic hydroxyl groups excluding tert-OH is 2. The largest absolute Gasteiger partial charge is 0.466 e. The Balaban J connectivity index is 3.36. The molecule has 0 heterocycles. The predicted octanol–water partition coefficient (Wildman–Crippen LogP) is 30.3. The van der Waals surface area contributed by atoms with Crippen LogP contribution in [0.2, 0.25) is 0 Å². The van der Waals surface area contributed by atoms with Gasteiger partial charge in [-0.3, -0.25) is 9.59 Å². The van der Waals surface area contributed by atoms with E-state index in [2.05, 4.69) is 67.8 Å². The molecule has 98 heavy (non-hydrogen) atoms. The third-order valence-electron chi connectivity index (χ3n) is 21.1. The number of hydrogen-bond donors (Lipinski definition) is 3. The zero-order valence-corrected chi connectivity index (χ0v) is 66.5. The van der Waals surface area contributed by atoms with E-state index in [-0.39, 0.29) is 18.5 Å². The van der Waals surface area contributed by atoms with Crippen molar-refractivity contribution in [1.29, 1.82) is 0 Å². The Bertz CT molecular complexity index is 1640. The first-order valence-corrected chi connectivity index (χ1v) is 44.9. The normalized spacial score (nSPS) is 12.7. The molecule has 0 aliphatic carbocycles. The lowest BCUT2D eigenvalue weighted by molar-refractivity contribution is -0.143. The molecule has 0 aliphatic heterocycles. The fourth-order valence-electron chi connectivity index (χ4n) is 14.3. The molecule has 578 valence electrons. The highest BCUT2D eigenvalue weighted by Gasteiger charge is 2.20. The van der Waals surface area contributed by atoms with Gasteiger partial charge in [-0.25, -0.2) is 0 Å². The molecule has 3 N–H and O–H groups in total. The first-order valence-electron chi connectivity index (χ1n) is 44.9. The van der Waals surface area contributed by atoms with Gasteiger partial charge in [0, 0.05) is 12.8 Å². The summed E-state index contributed by atoms with van der Waals surface area (Å²) in [6.07, 6.45) is 117. The molecular weight excluding hydrogens is 1200 g/mol. The lowest BCUT2D eigenvalue weighted by atomic mass is 10.0. The number of carbonyl (C=O) groups is 2. The number of esters is 1. The van der Waals surface area contributed by atoms with Crippen LogP contribution in [-0.4, -0.2) is 47.4 Å². The summed E-state index contributed by atoms with van der Waals surface area (Å²) in [5.41, 5.74) is 0. The van der Waals surface area contributed by atoms with Gasteiger partial charge in [0.1, 0.15) is 0 Å². The van der Waals surface area contributed by atoms with Gasteiger partial charge in [0.2, 0.25) is 5.91 Å². The van der Waals surface area contributed by atoms with Crippen molar-refractivity contribution < 1.29 is 24.5 Å². The van der Waals surface area contributed by atoms with Gasteiger partial charge in [-0.2, -0.15) is 0 Å². The van der Waals surface area contributed by atoms with Crippen LogP contribution in [0.3, 0.4) is 0 Å². The van der Waals surface area contributed by atoms with Crippen molar-refractivity contribution in [2.24, 2.45) is 0 Å². The minimum Gasteiger partial charge on any atom is -0.466 e. The Morgan fingerprint density at radius 1 is 0.286 bits per heavy atom. The fraction of sp³-hybridized carbons (Fsp3) is 0.891. The molecule has 0 aromatic rings. The Morgan fingerprint density at radius 3 is 0.786 bits per heavy atom. The summed E-state index contributed by atoms with van der Waals surface area (Å²) in [7, 11) is 0. The fourth-order valence-corrected chi connectivity index (χ4v) is 14.3. The van der Waals surface area contributed by atoms with Crippen molar-refractivity contribution in [3.05, 3.63) is 48.6 Å². The number of allylic oxidation sites excluding steroid dienone is 8. The number of aliphatic hydroxyl groups is 2. The first kappa shape index (κ1) is 95.8. The van der Waals surface area contributed by atoms with Crippen LogP contribution < -0.4 is 5.32 Å². The van der Waals surface area contributed by atoms with Crippen molar-refractivity contribution in [2.45, 2.75) is 514 Å². The van der Waals surface area contributed by atoms with Crippen molar-refractivity contribution in [2.75, 3.05) is 13.2 Å². The van der Waals surface area contributed by atoms with Crippen LogP contribution in [-0.2, 0) is 14.3 Å². The molecule has 0 rings (SSSR count). The van der Waals surface area contributed by atoms with Crippen LogP contribution in [0.1, 0.15) is 502 Å². The third-order valence-corrected chi connectivity index (χ3v) is 21.1. The number of ether oxygens (including phenoxy) is 1. The first-order chi connectivity index (χ1) is 48.5. The monoisotopic (exact) mass is 1370 g/mol. The van der Waals surface area contributed by atoms with Gasteiger partial charge in [0.25, 0.3) is 0 Å². The van der Waals surface area contributed by atoms with E-state index in [0.717, 1.165) is 57.8 Å². The van der Waals surface area contributed by atoms with Crippen molar-refractivity contribution in [3.63, 3.8) is 0 Å². The Labute approximate surface area is 614 Å². The molecule has 0 bridgehead atoms. The SMILES string of the molecule is CCCCCC/C=C\C/C=C\CCCCCCCCCC(=O)OCCCCCCCCCCCCCCCCC/C=C\C/C=C\CCCCCCCCCCCCCCCCCCCC(=O)NC(CO)C(O)CCCCCCCCCCCCCCCCCCCCCCCCCC. The number of nitrogens with one attached hydrogen (secondary N) is 1. The molecule has 0 saturated carbocycles. The van der Waals surface area contributed by atoms with Crippen LogP contribution in [0.5, 0.6) is 0 Å². The topological polar surface area (TPSA) is 95.9 Å². The van der Waals surface area contributed by atoms with Gasteiger partial charge in [-0.1, -0.05) is 448 Å². The van der Waals surface area contributed by atoms with Crippen LogP contribution in [0.4, 0.5) is 0 Å². The summed E-state index contributed by atoms with van der Waals surface area (Å²) >= 11 is 0. The molecule has 2 atom stereocenters. The van der Waals surface area contributed by atoms with E-state index in [4.69, 9.17) is 4.74 Å². The van der Waals surface area contributed by atoms with E-state index in [1.54, 1.807) is 0 Å². The van der Waals surface area contributed by atoms with Crippen molar-refractivity contribution in [3.8, 4) is 0 Å². The minimum absolute atomic E-state index is 0.0137. The molecule has 0 radical (unpaired) electrons. The molecule has 0 aromatic carbocycles. The number of unbranched alkanes of at least 4 members (excludes halogenated alkanes) is 66. The molecule has 6 nitrogen and oxygen atoms in total. The van der Waals surface area contributed by atoms with E-state index in [9.17, 15) is 19.8 Å². The van der Waals surface area contributed by atoms with Crippen molar-refractivity contribution >= 4 is 11.9 Å². The molecule has 2 unspecified atom stereocenters. The second-order valence-corrected chi connectivity index (χ2v) is 30.9. The zero-order chi connectivity index (χ0) is 70.5. The average molecular weight is 1380 g/mol. The van der Waals surface area contributed by atoms with Crippen molar-refractivity contribution in [1.82, 2.24) is 5.32 Å². The summed E-state index contributed by atoms with van der Waals surface area (Å²) in [5, 5.41) is 23.5. The number of hydrogen-bond acceptors (Lipinski definition) is 5. The number of amides is 1. The minimum atomic E-state index is -0.664. The lowest BCUT2D eigenvalue weighted by Crippen LogP contribution is -2.45. The molecule has 0 fully saturated rings. The van der Waals surface area contributed by atoms with Crippen LogP contribution in [0.25, 0.3) is 0 Å². The summed E-state index contributed by atoms with van der Waals surface area (Å²) in [4.78, 5) is 24.7. The van der Waals surface area contributed by atoms with E-state index in [0.29, 0.717) is 25.9 Å². The van der Waals surface area contributed by atoms with E-state index in [1.807, 2.05) is 0 Å². The second kappa shape index (κ2) is 87.2. The maximum absolute atomic E-state index is 12.6. The molecule has 1 amide bonds. The predicted molar refractivity (Wildman–Crippen MR) is 435 cm³/mol. The third kappa shape index (κ3) is 82.8. The molecule has 0 saturated heterocycles. The second-order valence-electron chi connectivity index (χ2n) is 30.9. The summed E-state index contributed by atoms with van der Waals surface area (Å²) in [6.45, 7) is 4.99. The highest BCUT2D eigenvalue weighted by Crippen LogP contribution is 2.21. The smallest absolute Gasteiger partial charge is 0.305 e. The van der Waals surface area contributed by atoms with Crippen LogP contribution in [0.15, 0.2) is 48.6 Å². The molecule has 0 spiro atoms. The van der Waals surface area contributed by atoms with E-state index < -0.39 is 12.1 Å². The molecule has 6 heteroatoms.